The molecular formula is C16H21Cl2NO. The van der Waals surface area contributed by atoms with Gasteiger partial charge in [-0.1, -0.05) is 42.1 Å². The van der Waals surface area contributed by atoms with Crippen molar-refractivity contribution >= 4 is 23.2 Å². The Balaban J connectivity index is 1.67. The molecule has 3 rings (SSSR count). The van der Waals surface area contributed by atoms with Crippen LogP contribution in [0.3, 0.4) is 0 Å². The summed E-state index contributed by atoms with van der Waals surface area (Å²) in [6.07, 6.45) is 5.45. The van der Waals surface area contributed by atoms with Crippen LogP contribution in [-0.2, 0) is 6.54 Å². The first-order valence-electron chi connectivity index (χ1n) is 7.45. The number of halogens is 2. The van der Waals surface area contributed by atoms with E-state index in [1.807, 2.05) is 12.1 Å². The lowest BCUT2D eigenvalue weighted by molar-refractivity contribution is -0.0967. The fraction of sp³-hybridized carbons (Fsp3) is 0.625. The highest BCUT2D eigenvalue weighted by Gasteiger charge is 2.42. The number of rotatable bonds is 2. The molecular weight excluding hydrogens is 293 g/mol. The van der Waals surface area contributed by atoms with Gasteiger partial charge in [0.15, 0.2) is 0 Å². The number of nitrogens with zero attached hydrogens (tertiary/aromatic N) is 1. The molecule has 1 saturated carbocycles. The smallest absolute Gasteiger partial charge is 0.0700 e. The maximum Gasteiger partial charge on any atom is 0.0700 e. The Morgan fingerprint density at radius 1 is 1.25 bits per heavy atom. The highest BCUT2D eigenvalue weighted by Crippen LogP contribution is 2.40. The summed E-state index contributed by atoms with van der Waals surface area (Å²) in [5.74, 6) is 0.427. The van der Waals surface area contributed by atoms with E-state index in [0.717, 1.165) is 49.5 Å². The van der Waals surface area contributed by atoms with E-state index in [2.05, 4.69) is 4.90 Å². The van der Waals surface area contributed by atoms with E-state index >= 15 is 0 Å². The number of likely N-dealkylation sites (tertiary alicyclic amines) is 1. The topological polar surface area (TPSA) is 23.5 Å². The van der Waals surface area contributed by atoms with Gasteiger partial charge >= 0.3 is 0 Å². The normalized spacial score (nSPS) is 31.1. The second kappa shape index (κ2) is 5.84. The van der Waals surface area contributed by atoms with Crippen LogP contribution in [0.2, 0.25) is 10.0 Å². The summed E-state index contributed by atoms with van der Waals surface area (Å²) < 4.78 is 0. The van der Waals surface area contributed by atoms with Gasteiger partial charge in [-0.25, -0.2) is 0 Å². The zero-order chi connectivity index (χ0) is 14.2. The second-order valence-corrected chi connectivity index (χ2v) is 7.11. The quantitative estimate of drug-likeness (QED) is 0.887. The predicted molar refractivity (Wildman–Crippen MR) is 83.3 cm³/mol. The van der Waals surface area contributed by atoms with Crippen LogP contribution in [0.5, 0.6) is 0 Å². The third-order valence-corrected chi connectivity index (χ3v) is 5.51. The van der Waals surface area contributed by atoms with E-state index in [9.17, 15) is 5.11 Å². The van der Waals surface area contributed by atoms with E-state index in [1.54, 1.807) is 6.07 Å². The summed E-state index contributed by atoms with van der Waals surface area (Å²) in [4.78, 5) is 2.42. The predicted octanol–water partition coefficient (Wildman–Crippen LogP) is 4.12. The average Bonchev–Trinajstić information content (AvgIpc) is 2.42. The van der Waals surface area contributed by atoms with Crippen LogP contribution in [0.15, 0.2) is 18.2 Å². The van der Waals surface area contributed by atoms with E-state index < -0.39 is 5.60 Å². The lowest BCUT2D eigenvalue weighted by Gasteiger charge is -2.47. The van der Waals surface area contributed by atoms with Gasteiger partial charge in [-0.2, -0.15) is 0 Å². The van der Waals surface area contributed by atoms with Gasteiger partial charge in [-0.15, -0.1) is 0 Å². The molecule has 1 aliphatic heterocycles. The zero-order valence-corrected chi connectivity index (χ0v) is 13.1. The van der Waals surface area contributed by atoms with E-state index in [-0.39, 0.29) is 0 Å². The van der Waals surface area contributed by atoms with Crippen molar-refractivity contribution in [3.63, 3.8) is 0 Å². The van der Waals surface area contributed by atoms with Gasteiger partial charge in [-0.05, 0) is 37.0 Å². The molecule has 2 nitrogen and oxygen atoms in total. The zero-order valence-electron chi connectivity index (χ0n) is 11.6. The van der Waals surface area contributed by atoms with Gasteiger partial charge in [0.25, 0.3) is 0 Å². The fourth-order valence-electron chi connectivity index (χ4n) is 3.67. The lowest BCUT2D eigenvalue weighted by Crippen LogP contribution is -2.52. The Morgan fingerprint density at radius 2 is 2.10 bits per heavy atom. The standard InChI is InChI=1S/C16H21Cl2NO/c17-14-5-4-12(15(18)9-14)10-19-8-7-16(20)6-2-1-3-13(16)11-19/h4-5,9,13,20H,1-3,6-8,10-11H2. The van der Waals surface area contributed by atoms with Gasteiger partial charge < -0.3 is 5.11 Å². The molecule has 1 aromatic rings. The summed E-state index contributed by atoms with van der Waals surface area (Å²) in [5.41, 5.74) is 0.718. The minimum absolute atomic E-state index is 0.404. The molecule has 4 heteroatoms. The second-order valence-electron chi connectivity index (χ2n) is 6.27. The molecule has 0 spiro atoms. The molecule has 2 atom stereocenters. The van der Waals surface area contributed by atoms with Gasteiger partial charge in [0.2, 0.25) is 0 Å². The highest BCUT2D eigenvalue weighted by atomic mass is 35.5. The molecule has 2 unspecified atom stereocenters. The number of hydrogen-bond acceptors (Lipinski definition) is 2. The Labute approximate surface area is 130 Å². The molecule has 0 amide bonds. The third-order valence-electron chi connectivity index (χ3n) is 4.92. The Bertz CT molecular complexity index is 493. The van der Waals surface area contributed by atoms with Crippen LogP contribution in [0, 0.1) is 5.92 Å². The van der Waals surface area contributed by atoms with E-state index in [4.69, 9.17) is 23.2 Å². The third kappa shape index (κ3) is 2.99. The number of benzene rings is 1. The molecule has 110 valence electrons. The molecule has 0 radical (unpaired) electrons. The van der Waals surface area contributed by atoms with Crippen molar-refractivity contribution < 1.29 is 5.11 Å². The largest absolute Gasteiger partial charge is 0.390 e. The van der Waals surface area contributed by atoms with Crippen molar-refractivity contribution in [1.82, 2.24) is 4.90 Å². The first-order chi connectivity index (χ1) is 9.57. The molecule has 0 aromatic heterocycles. The van der Waals surface area contributed by atoms with Crippen LogP contribution < -0.4 is 0 Å². The fourth-order valence-corrected chi connectivity index (χ4v) is 4.14. The summed E-state index contributed by atoms with van der Waals surface area (Å²) in [7, 11) is 0. The summed E-state index contributed by atoms with van der Waals surface area (Å²) in [6.45, 7) is 2.78. The van der Waals surface area contributed by atoms with Crippen LogP contribution in [0.25, 0.3) is 0 Å². The summed E-state index contributed by atoms with van der Waals surface area (Å²) in [6, 6.07) is 5.70. The molecule has 2 aliphatic rings. The van der Waals surface area contributed by atoms with Gasteiger partial charge in [0.05, 0.1) is 5.60 Å². The van der Waals surface area contributed by atoms with Gasteiger partial charge in [0.1, 0.15) is 0 Å². The van der Waals surface area contributed by atoms with Crippen LogP contribution in [0.4, 0.5) is 0 Å². The number of piperidine rings is 1. The molecule has 0 bridgehead atoms. The SMILES string of the molecule is OC12CCCCC1CN(Cc1ccc(Cl)cc1Cl)CC2. The van der Waals surface area contributed by atoms with Gasteiger partial charge in [-0.3, -0.25) is 4.90 Å². The van der Waals surface area contributed by atoms with Crippen molar-refractivity contribution in [2.45, 2.75) is 44.2 Å². The number of hydrogen-bond donors (Lipinski definition) is 1. The maximum atomic E-state index is 10.7. The summed E-state index contributed by atoms with van der Waals surface area (Å²) >= 11 is 12.2. The minimum Gasteiger partial charge on any atom is -0.390 e. The monoisotopic (exact) mass is 313 g/mol. The van der Waals surface area contributed by atoms with Gasteiger partial charge in [0, 0.05) is 35.6 Å². The first kappa shape index (κ1) is 14.6. The van der Waals surface area contributed by atoms with Crippen LogP contribution in [0.1, 0.15) is 37.7 Å². The molecule has 1 heterocycles. The van der Waals surface area contributed by atoms with Crippen molar-refractivity contribution in [3.05, 3.63) is 33.8 Å². The van der Waals surface area contributed by atoms with Crippen molar-refractivity contribution in [1.29, 1.82) is 0 Å². The lowest BCUT2D eigenvalue weighted by atomic mass is 9.71. The number of fused-ring (bicyclic) bond motifs is 1. The van der Waals surface area contributed by atoms with Crippen molar-refractivity contribution in [3.8, 4) is 0 Å². The molecule has 1 aliphatic carbocycles. The Kier molecular flexibility index (Phi) is 4.28. The molecule has 1 saturated heterocycles. The van der Waals surface area contributed by atoms with Crippen LogP contribution >= 0.6 is 23.2 Å². The minimum atomic E-state index is -0.404. The molecule has 1 N–H and O–H groups in total. The average molecular weight is 314 g/mol. The first-order valence-corrected chi connectivity index (χ1v) is 8.21. The van der Waals surface area contributed by atoms with E-state index in [0.29, 0.717) is 10.9 Å². The summed E-state index contributed by atoms with van der Waals surface area (Å²) in [5, 5.41) is 12.1. The molecule has 20 heavy (non-hydrogen) atoms. The number of aliphatic hydroxyl groups is 1. The van der Waals surface area contributed by atoms with Crippen molar-refractivity contribution in [2.75, 3.05) is 13.1 Å². The van der Waals surface area contributed by atoms with E-state index in [1.165, 1.54) is 12.8 Å². The van der Waals surface area contributed by atoms with Crippen molar-refractivity contribution in [2.24, 2.45) is 5.92 Å². The maximum absolute atomic E-state index is 10.7. The molecule has 2 fully saturated rings. The highest BCUT2D eigenvalue weighted by molar-refractivity contribution is 6.35. The Morgan fingerprint density at radius 3 is 2.90 bits per heavy atom. The Hall–Kier alpha value is -0.280. The molecule has 1 aromatic carbocycles. The van der Waals surface area contributed by atoms with Crippen LogP contribution in [-0.4, -0.2) is 28.7 Å².